The Kier molecular flexibility index (Phi) is 5.61. The molecule has 0 radical (unpaired) electrons. The molecule has 3 rings (SSSR count). The minimum absolute atomic E-state index is 0.00616. The molecule has 7 nitrogen and oxygen atoms in total. The van der Waals surface area contributed by atoms with Crippen molar-refractivity contribution >= 4 is 23.6 Å². The van der Waals surface area contributed by atoms with E-state index in [1.807, 2.05) is 35.8 Å². The van der Waals surface area contributed by atoms with Crippen molar-refractivity contribution in [2.75, 3.05) is 12.8 Å². The van der Waals surface area contributed by atoms with Gasteiger partial charge in [-0.15, -0.1) is 11.8 Å². The Morgan fingerprint density at radius 2 is 2.15 bits per heavy atom. The van der Waals surface area contributed by atoms with Crippen molar-refractivity contribution in [3.63, 3.8) is 0 Å². The summed E-state index contributed by atoms with van der Waals surface area (Å²) in [5.41, 5.74) is 2.36. The molecule has 138 valence electrons. The molecule has 0 aliphatic carbocycles. The number of fused-ring (bicyclic) bond motifs is 1. The summed E-state index contributed by atoms with van der Waals surface area (Å²) in [6.07, 6.45) is 3.57. The lowest BCUT2D eigenvalue weighted by Crippen LogP contribution is -2.40. The van der Waals surface area contributed by atoms with Gasteiger partial charge in [-0.3, -0.25) is 14.3 Å². The normalized spacial score (nSPS) is 13.6. The zero-order valence-electron chi connectivity index (χ0n) is 15.2. The first-order valence-electron chi connectivity index (χ1n) is 8.61. The number of thioether (sulfide) groups is 1. The molecular weight excluding hydrogens is 350 g/mol. The molecule has 0 aromatic carbocycles. The van der Waals surface area contributed by atoms with E-state index in [2.05, 4.69) is 15.4 Å². The number of nitrogens with one attached hydrogen (secondary N) is 1. The van der Waals surface area contributed by atoms with E-state index in [4.69, 9.17) is 0 Å². The van der Waals surface area contributed by atoms with Crippen LogP contribution < -0.4 is 5.32 Å². The maximum absolute atomic E-state index is 12.4. The monoisotopic (exact) mass is 373 g/mol. The maximum Gasteiger partial charge on any atom is 0.254 e. The van der Waals surface area contributed by atoms with Crippen LogP contribution in [0.4, 0.5) is 0 Å². The van der Waals surface area contributed by atoms with Gasteiger partial charge in [-0.1, -0.05) is 13.8 Å². The first-order valence-corrected chi connectivity index (χ1v) is 9.83. The minimum atomic E-state index is -0.162. The van der Waals surface area contributed by atoms with Gasteiger partial charge in [0.25, 0.3) is 5.91 Å². The lowest BCUT2D eigenvalue weighted by molar-refractivity contribution is -0.136. The van der Waals surface area contributed by atoms with Crippen molar-refractivity contribution in [2.24, 2.45) is 5.92 Å². The summed E-state index contributed by atoms with van der Waals surface area (Å²) in [7, 11) is 0. The molecule has 0 unspecified atom stereocenters. The van der Waals surface area contributed by atoms with Gasteiger partial charge in [-0.05, 0) is 24.5 Å². The summed E-state index contributed by atoms with van der Waals surface area (Å²) in [4.78, 5) is 30.7. The molecule has 8 heteroatoms. The van der Waals surface area contributed by atoms with Gasteiger partial charge in [-0.25, -0.2) is 4.98 Å². The van der Waals surface area contributed by atoms with Gasteiger partial charge in [0.2, 0.25) is 5.91 Å². The Morgan fingerprint density at radius 1 is 1.35 bits per heavy atom. The second kappa shape index (κ2) is 7.90. The highest BCUT2D eigenvalue weighted by Crippen LogP contribution is 2.18. The molecule has 0 saturated heterocycles. The van der Waals surface area contributed by atoms with Crippen LogP contribution in [0, 0.1) is 5.92 Å². The van der Waals surface area contributed by atoms with Gasteiger partial charge in [0.15, 0.2) is 0 Å². The highest BCUT2D eigenvalue weighted by molar-refractivity contribution is 7.98. The SMILES string of the molecule is CSc1ncccc1C(=O)NCc1cc2n(n1)CCN(C(=O)C(C)C)C2. The first-order chi connectivity index (χ1) is 12.5. The number of carbonyl (C=O) groups is 2. The van der Waals surface area contributed by atoms with Crippen LogP contribution in [0.15, 0.2) is 29.4 Å². The van der Waals surface area contributed by atoms with Gasteiger partial charge in [0, 0.05) is 18.7 Å². The van der Waals surface area contributed by atoms with E-state index in [1.165, 1.54) is 11.8 Å². The van der Waals surface area contributed by atoms with Crippen molar-refractivity contribution in [3.05, 3.63) is 41.3 Å². The van der Waals surface area contributed by atoms with E-state index in [9.17, 15) is 9.59 Å². The molecule has 1 aliphatic heterocycles. The summed E-state index contributed by atoms with van der Waals surface area (Å²) in [6, 6.07) is 5.48. The number of nitrogens with zero attached hydrogens (tertiary/aromatic N) is 4. The second-order valence-electron chi connectivity index (χ2n) is 6.51. The average Bonchev–Trinajstić information content (AvgIpc) is 3.07. The van der Waals surface area contributed by atoms with Gasteiger partial charge < -0.3 is 10.2 Å². The predicted molar refractivity (Wildman–Crippen MR) is 99.7 cm³/mol. The van der Waals surface area contributed by atoms with E-state index >= 15 is 0 Å². The largest absolute Gasteiger partial charge is 0.346 e. The number of aromatic nitrogens is 3. The van der Waals surface area contributed by atoms with E-state index < -0.39 is 0 Å². The van der Waals surface area contributed by atoms with Crippen LogP contribution in [-0.4, -0.2) is 44.3 Å². The van der Waals surface area contributed by atoms with Crippen LogP contribution in [0.2, 0.25) is 0 Å². The Hall–Kier alpha value is -2.35. The minimum Gasteiger partial charge on any atom is -0.346 e. The molecule has 1 N–H and O–H groups in total. The second-order valence-corrected chi connectivity index (χ2v) is 7.30. The molecule has 0 spiro atoms. The molecule has 2 amide bonds. The zero-order valence-corrected chi connectivity index (χ0v) is 16.0. The fourth-order valence-corrected chi connectivity index (χ4v) is 3.50. The highest BCUT2D eigenvalue weighted by Gasteiger charge is 2.24. The predicted octanol–water partition coefficient (Wildman–Crippen LogP) is 1.93. The number of amides is 2. The topological polar surface area (TPSA) is 80.1 Å². The number of pyridine rings is 1. The first kappa shape index (κ1) is 18.4. The fraction of sp³-hybridized carbons (Fsp3) is 0.444. The summed E-state index contributed by atoms with van der Waals surface area (Å²) < 4.78 is 1.92. The van der Waals surface area contributed by atoms with Crippen LogP contribution in [0.5, 0.6) is 0 Å². The Balaban J connectivity index is 1.64. The van der Waals surface area contributed by atoms with Crippen LogP contribution >= 0.6 is 11.8 Å². The highest BCUT2D eigenvalue weighted by atomic mass is 32.2. The number of hydrogen-bond acceptors (Lipinski definition) is 5. The lowest BCUT2D eigenvalue weighted by atomic mass is 10.1. The molecule has 1 aliphatic rings. The van der Waals surface area contributed by atoms with Crippen molar-refractivity contribution in [1.29, 1.82) is 0 Å². The molecular formula is C18H23N5O2S. The van der Waals surface area contributed by atoms with Crippen LogP contribution in [0.25, 0.3) is 0 Å². The van der Waals surface area contributed by atoms with Crippen LogP contribution in [0.1, 0.15) is 35.6 Å². The Morgan fingerprint density at radius 3 is 2.88 bits per heavy atom. The van der Waals surface area contributed by atoms with Crippen molar-refractivity contribution in [1.82, 2.24) is 25.0 Å². The molecule has 26 heavy (non-hydrogen) atoms. The Labute approximate surface area is 157 Å². The number of hydrogen-bond donors (Lipinski definition) is 1. The standard InChI is InChI=1S/C18H23N5O2S/c1-12(2)18(25)22-7-8-23-14(11-22)9-13(21-23)10-20-16(24)15-5-4-6-19-17(15)26-3/h4-6,9,12H,7-8,10-11H2,1-3H3,(H,20,24). The molecule has 2 aromatic heterocycles. The van der Waals surface area contributed by atoms with Gasteiger partial charge in [0.05, 0.1) is 36.6 Å². The van der Waals surface area contributed by atoms with E-state index in [-0.39, 0.29) is 17.7 Å². The summed E-state index contributed by atoms with van der Waals surface area (Å²) in [6.45, 7) is 6.09. The Bertz CT molecular complexity index is 818. The van der Waals surface area contributed by atoms with Gasteiger partial charge in [0.1, 0.15) is 5.03 Å². The molecule has 0 bridgehead atoms. The van der Waals surface area contributed by atoms with Crippen LogP contribution in [-0.2, 0) is 24.4 Å². The summed E-state index contributed by atoms with van der Waals surface area (Å²) in [5, 5.41) is 8.15. The smallest absolute Gasteiger partial charge is 0.254 e. The molecule has 0 atom stereocenters. The fourth-order valence-electron chi connectivity index (χ4n) is 2.96. The van der Waals surface area contributed by atoms with Gasteiger partial charge in [-0.2, -0.15) is 5.10 Å². The molecule has 0 saturated carbocycles. The maximum atomic E-state index is 12.4. The third-order valence-corrected chi connectivity index (χ3v) is 5.01. The summed E-state index contributed by atoms with van der Waals surface area (Å²) in [5.74, 6) is -0.00754. The third-order valence-electron chi connectivity index (χ3n) is 4.29. The van der Waals surface area contributed by atoms with E-state index in [0.29, 0.717) is 36.8 Å². The molecule has 0 fully saturated rings. The molecule has 2 aromatic rings. The van der Waals surface area contributed by atoms with E-state index in [0.717, 1.165) is 11.4 Å². The van der Waals surface area contributed by atoms with Gasteiger partial charge >= 0.3 is 0 Å². The van der Waals surface area contributed by atoms with Crippen molar-refractivity contribution < 1.29 is 9.59 Å². The number of rotatable bonds is 5. The van der Waals surface area contributed by atoms with Crippen LogP contribution in [0.3, 0.4) is 0 Å². The van der Waals surface area contributed by atoms with E-state index in [1.54, 1.807) is 18.3 Å². The third kappa shape index (κ3) is 3.90. The summed E-state index contributed by atoms with van der Waals surface area (Å²) >= 11 is 1.44. The zero-order chi connectivity index (χ0) is 18.7. The van der Waals surface area contributed by atoms with Crippen molar-refractivity contribution in [3.8, 4) is 0 Å². The molecule has 3 heterocycles. The quantitative estimate of drug-likeness (QED) is 0.810. The average molecular weight is 373 g/mol. The number of carbonyl (C=O) groups excluding carboxylic acids is 2. The lowest BCUT2D eigenvalue weighted by Gasteiger charge is -2.29. The van der Waals surface area contributed by atoms with Crippen molar-refractivity contribution in [2.45, 2.75) is 38.5 Å².